The molecule has 0 aliphatic rings. The quantitative estimate of drug-likeness (QED) is 0.739. The average molecular weight is 183 g/mol. The number of hydrogen-bond acceptors (Lipinski definition) is 3. The predicted octanol–water partition coefficient (Wildman–Crippen LogP) is 1.27. The maximum absolute atomic E-state index is 8.96. The van der Waals surface area contributed by atoms with Gasteiger partial charge in [0.2, 0.25) is 0 Å². The molecule has 1 aromatic rings. The van der Waals surface area contributed by atoms with Gasteiger partial charge in [0.05, 0.1) is 12.5 Å². The minimum Gasteiger partial charge on any atom is -0.472 e. The summed E-state index contributed by atoms with van der Waals surface area (Å²) in [6.45, 7) is 4.13. The molecule has 0 radical (unpaired) electrons. The number of furan rings is 1. The number of hydrogen-bond donors (Lipinski definition) is 2. The van der Waals surface area contributed by atoms with Gasteiger partial charge in [0, 0.05) is 18.1 Å². The summed E-state index contributed by atoms with van der Waals surface area (Å²) in [6, 6.07) is 1.90. The monoisotopic (exact) mass is 183 g/mol. The molecule has 0 saturated heterocycles. The summed E-state index contributed by atoms with van der Waals surface area (Å²) in [6.07, 6.45) is 3.98. The molecule has 0 aromatic carbocycles. The zero-order valence-electron chi connectivity index (χ0n) is 8.16. The smallest absolute Gasteiger partial charge is 0.0940 e. The third-order valence-electron chi connectivity index (χ3n) is 2.82. The van der Waals surface area contributed by atoms with Crippen LogP contribution in [0.4, 0.5) is 0 Å². The van der Waals surface area contributed by atoms with Crippen molar-refractivity contribution in [3.8, 4) is 0 Å². The Kier molecular flexibility index (Phi) is 3.12. The van der Waals surface area contributed by atoms with Gasteiger partial charge in [-0.3, -0.25) is 0 Å². The van der Waals surface area contributed by atoms with E-state index in [4.69, 9.17) is 15.3 Å². The molecule has 0 aliphatic carbocycles. The molecule has 0 saturated carbocycles. The number of aliphatic hydroxyl groups excluding tert-OH is 1. The Morgan fingerprint density at radius 1 is 1.69 bits per heavy atom. The first-order valence-electron chi connectivity index (χ1n) is 4.50. The van der Waals surface area contributed by atoms with E-state index in [9.17, 15) is 0 Å². The minimum atomic E-state index is -0.193. The van der Waals surface area contributed by atoms with Crippen molar-refractivity contribution in [2.24, 2.45) is 5.73 Å². The van der Waals surface area contributed by atoms with E-state index in [1.165, 1.54) is 0 Å². The first-order chi connectivity index (χ1) is 6.11. The van der Waals surface area contributed by atoms with E-state index in [0.717, 1.165) is 5.56 Å². The van der Waals surface area contributed by atoms with Gasteiger partial charge in [-0.2, -0.15) is 0 Å². The van der Waals surface area contributed by atoms with E-state index < -0.39 is 0 Å². The third kappa shape index (κ3) is 1.92. The van der Waals surface area contributed by atoms with Crippen molar-refractivity contribution in [1.82, 2.24) is 0 Å². The van der Waals surface area contributed by atoms with E-state index in [2.05, 4.69) is 0 Å². The normalized spacial score (nSPS) is 18.2. The molecule has 3 nitrogen and oxygen atoms in total. The fraction of sp³-hybridized carbons (Fsp3) is 0.600. The highest BCUT2D eigenvalue weighted by Crippen LogP contribution is 2.30. The molecule has 0 bridgehead atoms. The van der Waals surface area contributed by atoms with Gasteiger partial charge in [-0.15, -0.1) is 0 Å². The molecule has 2 unspecified atom stereocenters. The summed E-state index contributed by atoms with van der Waals surface area (Å²) in [7, 11) is 0. The van der Waals surface area contributed by atoms with E-state index in [1.54, 1.807) is 12.5 Å². The third-order valence-corrected chi connectivity index (χ3v) is 2.82. The molecule has 2 atom stereocenters. The summed E-state index contributed by atoms with van der Waals surface area (Å²) in [5, 5.41) is 8.96. The first-order valence-corrected chi connectivity index (χ1v) is 4.50. The van der Waals surface area contributed by atoms with Crippen LogP contribution in [-0.4, -0.2) is 17.8 Å². The summed E-state index contributed by atoms with van der Waals surface area (Å²) in [5.41, 5.74) is 6.76. The van der Waals surface area contributed by atoms with Crippen molar-refractivity contribution in [1.29, 1.82) is 0 Å². The second-order valence-electron chi connectivity index (χ2n) is 3.69. The van der Waals surface area contributed by atoms with Gasteiger partial charge >= 0.3 is 0 Å². The molecule has 0 fully saturated rings. The van der Waals surface area contributed by atoms with Crippen LogP contribution in [0.5, 0.6) is 0 Å². The van der Waals surface area contributed by atoms with Crippen molar-refractivity contribution >= 4 is 0 Å². The Labute approximate surface area is 78.5 Å². The second kappa shape index (κ2) is 3.94. The molecule has 0 spiro atoms. The molecule has 0 aliphatic heterocycles. The second-order valence-corrected chi connectivity index (χ2v) is 3.69. The molecule has 1 aromatic heterocycles. The molecule has 0 amide bonds. The SMILES string of the molecule is CC(N)C(C)(CCO)c1ccoc1. The van der Waals surface area contributed by atoms with Crippen molar-refractivity contribution in [3.63, 3.8) is 0 Å². The van der Waals surface area contributed by atoms with Crippen LogP contribution in [0.25, 0.3) is 0 Å². The molecule has 1 rings (SSSR count). The lowest BCUT2D eigenvalue weighted by molar-refractivity contribution is 0.229. The number of nitrogens with two attached hydrogens (primary N) is 1. The van der Waals surface area contributed by atoms with E-state index >= 15 is 0 Å². The van der Waals surface area contributed by atoms with Crippen molar-refractivity contribution in [2.75, 3.05) is 6.61 Å². The van der Waals surface area contributed by atoms with Crippen LogP contribution < -0.4 is 5.73 Å². The molecule has 3 N–H and O–H groups in total. The topological polar surface area (TPSA) is 59.4 Å². The van der Waals surface area contributed by atoms with Gasteiger partial charge in [0.25, 0.3) is 0 Å². The van der Waals surface area contributed by atoms with Gasteiger partial charge in [-0.05, 0) is 25.0 Å². The fourth-order valence-corrected chi connectivity index (χ4v) is 1.46. The Hall–Kier alpha value is -0.800. The highest BCUT2D eigenvalue weighted by molar-refractivity contribution is 5.21. The predicted molar refractivity (Wildman–Crippen MR) is 51.4 cm³/mol. The van der Waals surface area contributed by atoms with Gasteiger partial charge in [0.1, 0.15) is 0 Å². The summed E-state index contributed by atoms with van der Waals surface area (Å²) < 4.78 is 5.02. The summed E-state index contributed by atoms with van der Waals surface area (Å²) >= 11 is 0. The molecule has 3 heteroatoms. The Morgan fingerprint density at radius 3 is 2.77 bits per heavy atom. The van der Waals surface area contributed by atoms with Crippen LogP contribution in [0.1, 0.15) is 25.8 Å². The van der Waals surface area contributed by atoms with Gasteiger partial charge in [-0.25, -0.2) is 0 Å². The van der Waals surface area contributed by atoms with Crippen molar-refractivity contribution < 1.29 is 9.52 Å². The van der Waals surface area contributed by atoms with Gasteiger partial charge < -0.3 is 15.3 Å². The molecular weight excluding hydrogens is 166 g/mol. The lowest BCUT2D eigenvalue weighted by atomic mass is 9.76. The maximum Gasteiger partial charge on any atom is 0.0940 e. The Morgan fingerprint density at radius 2 is 2.38 bits per heavy atom. The van der Waals surface area contributed by atoms with E-state index in [0.29, 0.717) is 6.42 Å². The number of rotatable bonds is 4. The fourth-order valence-electron chi connectivity index (χ4n) is 1.46. The summed E-state index contributed by atoms with van der Waals surface area (Å²) in [5.74, 6) is 0. The van der Waals surface area contributed by atoms with Crippen LogP contribution in [0, 0.1) is 0 Å². The molecule has 13 heavy (non-hydrogen) atoms. The Balaban J connectivity index is 2.91. The highest BCUT2D eigenvalue weighted by atomic mass is 16.3. The average Bonchev–Trinajstić information content (AvgIpc) is 2.56. The van der Waals surface area contributed by atoms with Crippen LogP contribution in [0.15, 0.2) is 23.0 Å². The van der Waals surface area contributed by atoms with Crippen LogP contribution >= 0.6 is 0 Å². The van der Waals surface area contributed by atoms with Gasteiger partial charge in [-0.1, -0.05) is 6.92 Å². The van der Waals surface area contributed by atoms with Crippen LogP contribution in [0.2, 0.25) is 0 Å². The molecule has 1 heterocycles. The van der Waals surface area contributed by atoms with Crippen molar-refractivity contribution in [3.05, 3.63) is 24.2 Å². The largest absolute Gasteiger partial charge is 0.472 e. The van der Waals surface area contributed by atoms with Gasteiger partial charge in [0.15, 0.2) is 0 Å². The number of aliphatic hydroxyl groups is 1. The minimum absolute atomic E-state index is 0.00255. The van der Waals surface area contributed by atoms with Crippen molar-refractivity contribution in [2.45, 2.75) is 31.7 Å². The highest BCUT2D eigenvalue weighted by Gasteiger charge is 2.31. The zero-order valence-corrected chi connectivity index (χ0v) is 8.16. The lowest BCUT2D eigenvalue weighted by Gasteiger charge is -2.31. The van der Waals surface area contributed by atoms with E-state index in [-0.39, 0.29) is 18.1 Å². The lowest BCUT2D eigenvalue weighted by Crippen LogP contribution is -2.41. The molecular formula is C10H17NO2. The summed E-state index contributed by atoms with van der Waals surface area (Å²) in [4.78, 5) is 0. The Bertz CT molecular complexity index is 243. The van der Waals surface area contributed by atoms with E-state index in [1.807, 2.05) is 19.9 Å². The van der Waals surface area contributed by atoms with Crippen LogP contribution in [0.3, 0.4) is 0 Å². The van der Waals surface area contributed by atoms with Crippen LogP contribution in [-0.2, 0) is 5.41 Å². The molecule has 74 valence electrons. The first kappa shape index (κ1) is 10.3. The standard InChI is InChI=1S/C10H17NO2/c1-8(11)10(2,4-5-12)9-3-6-13-7-9/h3,6-8,12H,4-5,11H2,1-2H3. The maximum atomic E-state index is 8.96. The zero-order chi connectivity index (χ0) is 9.90.